The third-order valence-corrected chi connectivity index (χ3v) is 4.07. The molecule has 1 aliphatic rings. The van der Waals surface area contributed by atoms with Gasteiger partial charge in [-0.15, -0.1) is 11.3 Å². The summed E-state index contributed by atoms with van der Waals surface area (Å²) < 4.78 is 6.06. The summed E-state index contributed by atoms with van der Waals surface area (Å²) in [6.07, 6.45) is 1.59. The van der Waals surface area contributed by atoms with E-state index in [0.717, 1.165) is 35.1 Å². The quantitative estimate of drug-likeness (QED) is 0.858. The average molecular weight is 279 g/mol. The van der Waals surface area contributed by atoms with E-state index in [1.165, 1.54) is 5.69 Å². The van der Waals surface area contributed by atoms with Crippen molar-refractivity contribution in [2.24, 2.45) is 0 Å². The highest BCUT2D eigenvalue weighted by Gasteiger charge is 2.14. The second kappa shape index (κ2) is 4.87. The van der Waals surface area contributed by atoms with Gasteiger partial charge in [-0.3, -0.25) is 0 Å². The molecule has 0 aromatic carbocycles. The summed E-state index contributed by atoms with van der Waals surface area (Å²) in [5, 5.41) is 3.14. The molecule has 0 unspecified atom stereocenters. The minimum absolute atomic E-state index is 0.577. The molecule has 1 N–H and O–H groups in total. The first-order valence-electron chi connectivity index (χ1n) is 5.82. The van der Waals surface area contributed by atoms with Crippen molar-refractivity contribution in [1.29, 1.82) is 0 Å². The zero-order chi connectivity index (χ0) is 12.5. The fraction of sp³-hybridized carbons (Fsp3) is 0.417. The Labute approximate surface area is 114 Å². The molecule has 0 bridgehead atoms. The molecule has 18 heavy (non-hydrogen) atoms. The van der Waals surface area contributed by atoms with Crippen LogP contribution in [-0.2, 0) is 24.2 Å². The Balaban J connectivity index is 1.93. The number of nitrogens with one attached hydrogen (secondary N) is 1. The van der Waals surface area contributed by atoms with Gasteiger partial charge in [0.05, 0.1) is 23.9 Å². The molecule has 1 aliphatic heterocycles. The Morgan fingerprint density at radius 1 is 1.50 bits per heavy atom. The Kier molecular flexibility index (Phi) is 3.23. The van der Waals surface area contributed by atoms with Gasteiger partial charge in [0, 0.05) is 29.5 Å². The first-order chi connectivity index (χ1) is 8.72. The highest BCUT2D eigenvalue weighted by molar-refractivity contribution is 7.71. The monoisotopic (exact) mass is 279 g/mol. The molecule has 0 radical (unpaired) electrons. The van der Waals surface area contributed by atoms with E-state index in [9.17, 15) is 0 Å². The van der Waals surface area contributed by atoms with E-state index in [1.54, 1.807) is 11.3 Å². The second-order valence-electron chi connectivity index (χ2n) is 4.28. The van der Waals surface area contributed by atoms with Crippen molar-refractivity contribution in [3.63, 3.8) is 0 Å². The van der Waals surface area contributed by atoms with Gasteiger partial charge in [0.15, 0.2) is 0 Å². The molecule has 3 heterocycles. The number of aromatic amines is 1. The Morgan fingerprint density at radius 2 is 2.39 bits per heavy atom. The highest BCUT2D eigenvalue weighted by Crippen LogP contribution is 2.17. The van der Waals surface area contributed by atoms with Gasteiger partial charge in [-0.1, -0.05) is 12.2 Å². The smallest absolute Gasteiger partial charge is 0.135 e. The average Bonchev–Trinajstić information content (AvgIpc) is 2.75. The van der Waals surface area contributed by atoms with Gasteiger partial charge in [-0.05, 0) is 6.92 Å². The van der Waals surface area contributed by atoms with Crippen LogP contribution in [0.4, 0.5) is 0 Å². The lowest BCUT2D eigenvalue weighted by Crippen LogP contribution is -2.15. The number of fused-ring (bicyclic) bond motifs is 1. The molecule has 4 nitrogen and oxygen atoms in total. The van der Waals surface area contributed by atoms with Gasteiger partial charge in [-0.25, -0.2) is 9.97 Å². The molecule has 3 rings (SSSR count). The van der Waals surface area contributed by atoms with Gasteiger partial charge in [0.2, 0.25) is 0 Å². The van der Waals surface area contributed by atoms with Crippen LogP contribution in [0.5, 0.6) is 0 Å². The fourth-order valence-electron chi connectivity index (χ4n) is 2.05. The van der Waals surface area contributed by atoms with Crippen LogP contribution in [0, 0.1) is 11.6 Å². The Bertz CT molecular complexity index is 632. The van der Waals surface area contributed by atoms with Crippen LogP contribution >= 0.6 is 23.6 Å². The number of aromatic nitrogens is 3. The molecule has 2 aromatic heterocycles. The normalized spacial score (nSPS) is 14.5. The number of H-pyrrole nitrogens is 1. The first-order valence-corrected chi connectivity index (χ1v) is 7.11. The SMILES string of the molecule is Cc1nc(Cc2nc(=S)c3c([nH]2)CCOC3)cs1. The molecular weight excluding hydrogens is 266 g/mol. The molecule has 0 saturated carbocycles. The van der Waals surface area contributed by atoms with Crippen LogP contribution in [-0.4, -0.2) is 21.6 Å². The van der Waals surface area contributed by atoms with E-state index in [0.29, 0.717) is 17.7 Å². The molecule has 0 amide bonds. The molecule has 0 saturated heterocycles. The number of ether oxygens (including phenoxy) is 1. The summed E-state index contributed by atoms with van der Waals surface area (Å²) in [6.45, 7) is 3.33. The summed E-state index contributed by atoms with van der Waals surface area (Å²) in [4.78, 5) is 12.3. The minimum atomic E-state index is 0.577. The van der Waals surface area contributed by atoms with E-state index < -0.39 is 0 Å². The maximum atomic E-state index is 5.40. The standard InChI is InChI=1S/C12H13N3OS2/c1-7-13-8(6-18-7)4-11-14-10-2-3-16-5-9(10)12(17)15-11/h6H,2-5H2,1H3,(H,14,15,17). The van der Waals surface area contributed by atoms with E-state index in [1.807, 2.05) is 6.92 Å². The van der Waals surface area contributed by atoms with Gasteiger partial charge in [-0.2, -0.15) is 0 Å². The molecule has 6 heteroatoms. The number of thiazole rings is 1. The van der Waals surface area contributed by atoms with Crippen LogP contribution in [0.25, 0.3) is 0 Å². The van der Waals surface area contributed by atoms with E-state index >= 15 is 0 Å². The number of hydrogen-bond donors (Lipinski definition) is 1. The largest absolute Gasteiger partial charge is 0.376 e. The molecular formula is C12H13N3OS2. The second-order valence-corrected chi connectivity index (χ2v) is 5.73. The van der Waals surface area contributed by atoms with Crippen molar-refractivity contribution >= 4 is 23.6 Å². The van der Waals surface area contributed by atoms with E-state index in [-0.39, 0.29) is 0 Å². The zero-order valence-electron chi connectivity index (χ0n) is 10.0. The van der Waals surface area contributed by atoms with Crippen molar-refractivity contribution in [1.82, 2.24) is 15.0 Å². The molecule has 94 valence electrons. The molecule has 0 aliphatic carbocycles. The highest BCUT2D eigenvalue weighted by atomic mass is 32.1. The van der Waals surface area contributed by atoms with E-state index in [2.05, 4.69) is 20.3 Å². The lowest BCUT2D eigenvalue weighted by Gasteiger charge is -2.16. The predicted octanol–water partition coefficient (Wildman–Crippen LogP) is 2.57. The summed E-state index contributed by atoms with van der Waals surface area (Å²) in [6, 6.07) is 0. The molecule has 0 spiro atoms. The summed E-state index contributed by atoms with van der Waals surface area (Å²) in [5.74, 6) is 0.894. The lowest BCUT2D eigenvalue weighted by atomic mass is 10.1. The predicted molar refractivity (Wildman–Crippen MR) is 72.4 cm³/mol. The maximum absolute atomic E-state index is 5.40. The van der Waals surface area contributed by atoms with E-state index in [4.69, 9.17) is 17.0 Å². The Hall–Kier alpha value is -1.11. The number of hydrogen-bond acceptors (Lipinski definition) is 5. The van der Waals surface area contributed by atoms with Gasteiger partial charge < -0.3 is 9.72 Å². The summed E-state index contributed by atoms with van der Waals surface area (Å²) in [7, 11) is 0. The number of nitrogens with zero attached hydrogens (tertiary/aromatic N) is 2. The third-order valence-electron chi connectivity index (χ3n) is 2.91. The first kappa shape index (κ1) is 12.0. The maximum Gasteiger partial charge on any atom is 0.135 e. The lowest BCUT2D eigenvalue weighted by molar-refractivity contribution is 0.108. The Morgan fingerprint density at radius 3 is 3.17 bits per heavy atom. The molecule has 0 fully saturated rings. The van der Waals surface area contributed by atoms with Gasteiger partial charge in [0.25, 0.3) is 0 Å². The van der Waals surface area contributed by atoms with Crippen molar-refractivity contribution in [3.8, 4) is 0 Å². The van der Waals surface area contributed by atoms with Crippen LogP contribution < -0.4 is 0 Å². The van der Waals surface area contributed by atoms with Crippen LogP contribution in [0.2, 0.25) is 0 Å². The summed E-state index contributed by atoms with van der Waals surface area (Å²) >= 11 is 6.98. The van der Waals surface area contributed by atoms with Gasteiger partial charge >= 0.3 is 0 Å². The van der Waals surface area contributed by atoms with Crippen LogP contribution in [0.1, 0.15) is 27.8 Å². The van der Waals surface area contributed by atoms with Crippen molar-refractivity contribution in [2.45, 2.75) is 26.4 Å². The fourth-order valence-corrected chi connectivity index (χ4v) is 2.96. The topological polar surface area (TPSA) is 50.8 Å². The van der Waals surface area contributed by atoms with Crippen LogP contribution in [0.15, 0.2) is 5.38 Å². The summed E-state index contributed by atoms with van der Waals surface area (Å²) in [5.41, 5.74) is 3.25. The molecule has 2 aromatic rings. The zero-order valence-corrected chi connectivity index (χ0v) is 11.7. The van der Waals surface area contributed by atoms with Crippen molar-refractivity contribution in [2.75, 3.05) is 6.61 Å². The molecule has 0 atom stereocenters. The number of rotatable bonds is 2. The van der Waals surface area contributed by atoms with Gasteiger partial charge in [0.1, 0.15) is 10.5 Å². The van der Waals surface area contributed by atoms with Crippen molar-refractivity contribution in [3.05, 3.63) is 37.8 Å². The number of aryl methyl sites for hydroxylation is 1. The van der Waals surface area contributed by atoms with Crippen LogP contribution in [0.3, 0.4) is 0 Å². The van der Waals surface area contributed by atoms with Crippen molar-refractivity contribution < 1.29 is 4.74 Å². The third kappa shape index (κ3) is 2.36. The minimum Gasteiger partial charge on any atom is -0.376 e.